The van der Waals surface area contributed by atoms with Crippen LogP contribution < -0.4 is 11.1 Å². The Balaban J connectivity index is 1.73. The maximum Gasteiger partial charge on any atom is 0.269 e. The van der Waals surface area contributed by atoms with Gasteiger partial charge in [-0.05, 0) is 44.3 Å². The Morgan fingerprint density at radius 1 is 1.03 bits per heavy atom. The first-order valence-corrected chi connectivity index (χ1v) is 10.6. The van der Waals surface area contributed by atoms with Crippen molar-refractivity contribution in [2.75, 3.05) is 13.1 Å². The van der Waals surface area contributed by atoms with E-state index >= 15 is 0 Å². The van der Waals surface area contributed by atoms with Crippen molar-refractivity contribution in [1.29, 1.82) is 0 Å². The summed E-state index contributed by atoms with van der Waals surface area (Å²) in [4.78, 5) is 21.7. The second kappa shape index (κ2) is 7.88. The molecule has 2 aromatic carbocycles. The minimum absolute atomic E-state index is 0.237. The second-order valence-corrected chi connectivity index (χ2v) is 7.97. The number of nitrogens with one attached hydrogen (secondary N) is 1. The summed E-state index contributed by atoms with van der Waals surface area (Å²) in [5, 5.41) is 4.44. The van der Waals surface area contributed by atoms with Crippen LogP contribution in [0.4, 0.5) is 0 Å². The molecule has 2 aromatic heterocycles. The van der Waals surface area contributed by atoms with Gasteiger partial charge in [0.15, 0.2) is 5.69 Å². The average molecular weight is 399 g/mol. The molecule has 1 saturated heterocycles. The van der Waals surface area contributed by atoms with E-state index in [4.69, 9.17) is 10.7 Å². The van der Waals surface area contributed by atoms with Crippen molar-refractivity contribution in [1.82, 2.24) is 19.9 Å². The molecule has 6 heteroatoms. The van der Waals surface area contributed by atoms with Gasteiger partial charge in [-0.3, -0.25) is 4.79 Å². The number of aryl methyl sites for hydroxylation is 1. The number of fused-ring (bicyclic) bond motifs is 3. The minimum Gasteiger partial charge on any atom is -0.364 e. The summed E-state index contributed by atoms with van der Waals surface area (Å²) in [5.74, 6) is 1.00. The van der Waals surface area contributed by atoms with E-state index in [1.807, 2.05) is 42.5 Å². The number of nitrogens with zero attached hydrogens (tertiary/aromatic N) is 3. The smallest absolute Gasteiger partial charge is 0.269 e. The molecule has 0 aliphatic carbocycles. The lowest BCUT2D eigenvalue weighted by Gasteiger charge is -2.23. The molecule has 1 aliphatic rings. The van der Waals surface area contributed by atoms with Crippen LogP contribution in [-0.4, -0.2) is 33.5 Å². The number of amides is 1. The predicted molar refractivity (Wildman–Crippen MR) is 119 cm³/mol. The van der Waals surface area contributed by atoms with E-state index in [1.54, 1.807) is 0 Å². The van der Waals surface area contributed by atoms with Crippen LogP contribution >= 0.6 is 0 Å². The number of carbonyl (C=O) groups is 1. The number of carbonyl (C=O) groups excluding carboxylic acids is 1. The normalized spacial score (nSPS) is 15.1. The topological polar surface area (TPSA) is 85.8 Å². The fourth-order valence-electron chi connectivity index (χ4n) is 4.51. The zero-order valence-electron chi connectivity index (χ0n) is 16.8. The molecule has 4 aromatic rings. The maximum atomic E-state index is 12.2. The van der Waals surface area contributed by atoms with Crippen LogP contribution in [0.15, 0.2) is 54.6 Å². The summed E-state index contributed by atoms with van der Waals surface area (Å²) in [6.45, 7) is 3.01. The Hall–Kier alpha value is -3.25. The number of rotatable bonds is 5. The van der Waals surface area contributed by atoms with Crippen LogP contribution in [0.25, 0.3) is 33.3 Å². The zero-order chi connectivity index (χ0) is 20.5. The van der Waals surface area contributed by atoms with Gasteiger partial charge in [0.05, 0.1) is 11.0 Å². The lowest BCUT2D eigenvalue weighted by molar-refractivity contribution is 0.0997. The van der Waals surface area contributed by atoms with Gasteiger partial charge in [0, 0.05) is 17.5 Å². The van der Waals surface area contributed by atoms with E-state index in [0.29, 0.717) is 11.4 Å². The number of primary amides is 1. The molecule has 1 amide bonds. The number of nitrogens with two attached hydrogens (primary N) is 1. The first-order valence-electron chi connectivity index (χ1n) is 10.6. The highest BCUT2D eigenvalue weighted by Crippen LogP contribution is 2.32. The Morgan fingerprint density at radius 2 is 1.77 bits per heavy atom. The fraction of sp³-hybridized carbons (Fsp3) is 0.292. The van der Waals surface area contributed by atoms with Gasteiger partial charge in [0.1, 0.15) is 11.3 Å². The van der Waals surface area contributed by atoms with Crippen molar-refractivity contribution in [2.24, 2.45) is 11.7 Å². The third-order valence-electron chi connectivity index (χ3n) is 6.07. The van der Waals surface area contributed by atoms with E-state index in [-0.39, 0.29) is 5.69 Å². The van der Waals surface area contributed by atoms with Gasteiger partial charge < -0.3 is 15.6 Å². The van der Waals surface area contributed by atoms with Gasteiger partial charge in [-0.25, -0.2) is 9.97 Å². The third-order valence-corrected chi connectivity index (χ3v) is 6.07. The van der Waals surface area contributed by atoms with Crippen molar-refractivity contribution in [3.63, 3.8) is 0 Å². The third kappa shape index (κ3) is 3.33. The second-order valence-electron chi connectivity index (χ2n) is 7.97. The van der Waals surface area contributed by atoms with Crippen molar-refractivity contribution in [3.05, 3.63) is 60.3 Å². The highest BCUT2D eigenvalue weighted by atomic mass is 16.1. The summed E-state index contributed by atoms with van der Waals surface area (Å²) in [6, 6.07) is 18.0. The van der Waals surface area contributed by atoms with Crippen molar-refractivity contribution >= 4 is 27.8 Å². The molecule has 0 atom stereocenters. The van der Waals surface area contributed by atoms with Gasteiger partial charge in [-0.2, -0.15) is 0 Å². The van der Waals surface area contributed by atoms with Gasteiger partial charge in [0.25, 0.3) is 5.91 Å². The molecular weight excluding hydrogens is 374 g/mol. The molecule has 3 N–H and O–H groups in total. The van der Waals surface area contributed by atoms with Gasteiger partial charge in [-0.1, -0.05) is 48.5 Å². The number of imidazole rings is 1. The Kier molecular flexibility index (Phi) is 4.93. The van der Waals surface area contributed by atoms with Crippen LogP contribution in [0.2, 0.25) is 0 Å². The monoisotopic (exact) mass is 399 g/mol. The molecule has 5 rings (SSSR count). The van der Waals surface area contributed by atoms with E-state index in [9.17, 15) is 4.79 Å². The van der Waals surface area contributed by atoms with Crippen LogP contribution in [0.1, 0.15) is 29.8 Å². The number of benzene rings is 2. The number of pyridine rings is 1. The van der Waals surface area contributed by atoms with E-state index in [0.717, 1.165) is 53.9 Å². The van der Waals surface area contributed by atoms with Gasteiger partial charge in [-0.15, -0.1) is 0 Å². The molecule has 1 aliphatic heterocycles. The van der Waals surface area contributed by atoms with Gasteiger partial charge in [0.2, 0.25) is 0 Å². The Morgan fingerprint density at radius 3 is 2.53 bits per heavy atom. The average Bonchev–Trinajstić information content (AvgIpc) is 3.18. The molecule has 30 heavy (non-hydrogen) atoms. The lowest BCUT2D eigenvalue weighted by Crippen LogP contribution is -2.28. The SMILES string of the molecule is NC(=O)c1nc2ccccc2c2c1nc(-c1ccccc1)n2CCC1CCNCC1. The number of hydrogen-bond acceptors (Lipinski definition) is 4. The summed E-state index contributed by atoms with van der Waals surface area (Å²) in [7, 11) is 0. The minimum atomic E-state index is -0.548. The van der Waals surface area contributed by atoms with E-state index in [1.165, 1.54) is 12.8 Å². The number of piperidine rings is 1. The fourth-order valence-corrected chi connectivity index (χ4v) is 4.51. The van der Waals surface area contributed by atoms with Crippen LogP contribution in [0.3, 0.4) is 0 Å². The zero-order valence-corrected chi connectivity index (χ0v) is 16.8. The van der Waals surface area contributed by atoms with E-state index < -0.39 is 5.91 Å². The molecule has 1 fully saturated rings. The van der Waals surface area contributed by atoms with Crippen LogP contribution in [0, 0.1) is 5.92 Å². The number of hydrogen-bond donors (Lipinski definition) is 2. The molecule has 0 unspecified atom stereocenters. The van der Waals surface area contributed by atoms with E-state index in [2.05, 4.69) is 27.0 Å². The molecular formula is C24H25N5O. The highest BCUT2D eigenvalue weighted by Gasteiger charge is 2.22. The first kappa shape index (κ1) is 18.8. The molecule has 3 heterocycles. The molecule has 0 bridgehead atoms. The largest absolute Gasteiger partial charge is 0.364 e. The standard InChI is InChI=1S/C24H25N5O/c25-23(30)21-20-22(18-8-4-5-9-19(18)27-21)29(15-12-16-10-13-26-14-11-16)24(28-20)17-6-2-1-3-7-17/h1-9,16,26H,10-15H2,(H2,25,30). The highest BCUT2D eigenvalue weighted by molar-refractivity contribution is 6.12. The lowest BCUT2D eigenvalue weighted by atomic mass is 9.94. The van der Waals surface area contributed by atoms with Crippen molar-refractivity contribution in [3.8, 4) is 11.4 Å². The predicted octanol–water partition coefficient (Wildman–Crippen LogP) is 3.74. The number of para-hydroxylation sites is 1. The molecule has 0 radical (unpaired) electrons. The summed E-state index contributed by atoms with van der Waals surface area (Å²) in [5.41, 5.74) is 9.27. The maximum absolute atomic E-state index is 12.2. The number of aromatic nitrogens is 3. The summed E-state index contributed by atoms with van der Waals surface area (Å²) >= 11 is 0. The first-order chi connectivity index (χ1) is 14.7. The summed E-state index contributed by atoms with van der Waals surface area (Å²) in [6.07, 6.45) is 3.47. The van der Waals surface area contributed by atoms with Gasteiger partial charge >= 0.3 is 0 Å². The van der Waals surface area contributed by atoms with Crippen LogP contribution in [0.5, 0.6) is 0 Å². The summed E-state index contributed by atoms with van der Waals surface area (Å²) < 4.78 is 2.27. The molecule has 152 valence electrons. The van der Waals surface area contributed by atoms with Crippen LogP contribution in [-0.2, 0) is 6.54 Å². The van der Waals surface area contributed by atoms with Crippen molar-refractivity contribution < 1.29 is 4.79 Å². The van der Waals surface area contributed by atoms with Crippen molar-refractivity contribution in [2.45, 2.75) is 25.8 Å². The Bertz CT molecular complexity index is 1210. The molecule has 0 saturated carbocycles. The Labute approximate surface area is 175 Å². The quantitative estimate of drug-likeness (QED) is 0.535. The molecule has 0 spiro atoms. The molecule has 6 nitrogen and oxygen atoms in total.